The van der Waals surface area contributed by atoms with E-state index in [9.17, 15) is 4.79 Å². The highest BCUT2D eigenvalue weighted by Gasteiger charge is 2.24. The lowest BCUT2D eigenvalue weighted by atomic mass is 10.3. The molecule has 146 valence electrons. The van der Waals surface area contributed by atoms with E-state index in [1.54, 1.807) is 41.5 Å². The number of piperazine rings is 1. The largest absolute Gasteiger partial charge is 0.495 e. The van der Waals surface area contributed by atoms with Crippen molar-refractivity contribution in [2.24, 2.45) is 0 Å². The number of hydrogen-bond donors (Lipinski definition) is 1. The van der Waals surface area contributed by atoms with Gasteiger partial charge in [0, 0.05) is 35.7 Å². The molecule has 0 unspecified atom stereocenters. The Hall–Kier alpha value is -2.03. The van der Waals surface area contributed by atoms with Crippen LogP contribution in [-0.4, -0.2) is 49.2 Å². The molecule has 6 nitrogen and oxygen atoms in total. The Morgan fingerprint density at radius 2 is 2.00 bits per heavy atom. The molecule has 1 aliphatic rings. The number of carbonyl (C=O) groups excluding carboxylic acids is 1. The summed E-state index contributed by atoms with van der Waals surface area (Å²) in [5, 5.41) is 4.43. The van der Waals surface area contributed by atoms with Crippen LogP contribution in [0.4, 0.5) is 15.6 Å². The summed E-state index contributed by atoms with van der Waals surface area (Å²) >= 11 is 11.2. The lowest BCUT2D eigenvalue weighted by molar-refractivity contribution is 0.208. The maximum absolute atomic E-state index is 12.6. The van der Waals surface area contributed by atoms with Crippen molar-refractivity contribution in [2.75, 3.05) is 43.5 Å². The molecule has 28 heavy (non-hydrogen) atoms. The summed E-state index contributed by atoms with van der Waals surface area (Å²) in [6, 6.07) is 11.1. The molecule has 1 N–H and O–H groups in total. The molecule has 2 aromatic carbocycles. The molecular weight excluding hydrogens is 464 g/mol. The zero-order valence-corrected chi connectivity index (χ0v) is 18.3. The molecule has 2 heterocycles. The number of nitrogens with zero attached hydrogens (tertiary/aromatic N) is 3. The fraction of sp³-hybridized carbons (Fsp3) is 0.263. The maximum atomic E-state index is 12.6. The van der Waals surface area contributed by atoms with Crippen LogP contribution in [0.15, 0.2) is 40.9 Å². The van der Waals surface area contributed by atoms with Crippen LogP contribution in [0.3, 0.4) is 0 Å². The number of thiazole rings is 1. The molecule has 2 amide bonds. The molecule has 9 heteroatoms. The molecule has 0 atom stereocenters. The molecule has 0 radical (unpaired) electrons. The van der Waals surface area contributed by atoms with E-state index in [1.807, 2.05) is 12.1 Å². The Kier molecular flexibility index (Phi) is 5.61. The van der Waals surface area contributed by atoms with Crippen molar-refractivity contribution in [1.82, 2.24) is 9.88 Å². The summed E-state index contributed by atoms with van der Waals surface area (Å²) in [7, 11) is 1.56. The number of methoxy groups -OCH3 is 1. The Labute approximate surface area is 180 Å². The third-order valence-corrected chi connectivity index (χ3v) is 6.39. The van der Waals surface area contributed by atoms with Gasteiger partial charge >= 0.3 is 6.03 Å². The van der Waals surface area contributed by atoms with E-state index in [1.165, 1.54) is 0 Å². The van der Waals surface area contributed by atoms with Gasteiger partial charge in [-0.3, -0.25) is 0 Å². The number of carbonyl (C=O) groups is 1. The number of benzene rings is 2. The molecule has 4 rings (SSSR count). The van der Waals surface area contributed by atoms with Gasteiger partial charge in [-0.25, -0.2) is 9.78 Å². The predicted octanol–water partition coefficient (Wildman–Crippen LogP) is 5.07. The van der Waals surface area contributed by atoms with E-state index in [4.69, 9.17) is 21.3 Å². The first kappa shape index (κ1) is 19.3. The molecule has 0 aliphatic carbocycles. The summed E-state index contributed by atoms with van der Waals surface area (Å²) in [6.07, 6.45) is 0. The van der Waals surface area contributed by atoms with Crippen molar-refractivity contribution in [3.63, 3.8) is 0 Å². The van der Waals surface area contributed by atoms with Crippen LogP contribution in [0.5, 0.6) is 5.75 Å². The van der Waals surface area contributed by atoms with Crippen LogP contribution < -0.4 is 15.0 Å². The Balaban J connectivity index is 1.40. The molecule has 1 fully saturated rings. The van der Waals surface area contributed by atoms with Crippen LogP contribution in [0, 0.1) is 0 Å². The number of ether oxygens (including phenoxy) is 1. The standard InChI is InChI=1S/C19H18BrClN4O2S/c1-27-16-5-3-13(21)11-15(16)22-18(26)24-6-8-25(9-7-24)19-23-14-4-2-12(20)10-17(14)28-19/h2-5,10-11H,6-9H2,1H3,(H,22,26). The maximum Gasteiger partial charge on any atom is 0.322 e. The second-order valence-corrected chi connectivity index (χ2v) is 8.72. The SMILES string of the molecule is COc1ccc(Cl)cc1NC(=O)N1CCN(c2nc3ccc(Br)cc3s2)CC1. The highest BCUT2D eigenvalue weighted by atomic mass is 79.9. The summed E-state index contributed by atoms with van der Waals surface area (Å²) in [4.78, 5) is 21.4. The molecule has 1 saturated heterocycles. The number of urea groups is 1. The lowest BCUT2D eigenvalue weighted by Gasteiger charge is -2.34. The van der Waals surface area contributed by atoms with Crippen molar-refractivity contribution in [2.45, 2.75) is 0 Å². The Bertz CT molecular complexity index is 1020. The van der Waals surface area contributed by atoms with Gasteiger partial charge in [-0.2, -0.15) is 0 Å². The van der Waals surface area contributed by atoms with Gasteiger partial charge in [0.05, 0.1) is 23.0 Å². The number of aromatic nitrogens is 1. The highest BCUT2D eigenvalue weighted by molar-refractivity contribution is 9.10. The number of amides is 2. The minimum Gasteiger partial charge on any atom is -0.495 e. The Morgan fingerprint density at radius 3 is 2.75 bits per heavy atom. The summed E-state index contributed by atoms with van der Waals surface area (Å²) in [5.74, 6) is 0.581. The molecule has 1 aromatic heterocycles. The average Bonchev–Trinajstić information content (AvgIpc) is 3.11. The molecule has 0 spiro atoms. The van der Waals surface area contributed by atoms with E-state index in [0.717, 1.165) is 32.9 Å². The third-order valence-electron chi connectivity index (χ3n) is 4.58. The third kappa shape index (κ3) is 4.04. The molecule has 1 aliphatic heterocycles. The molecule has 3 aromatic rings. The Morgan fingerprint density at radius 1 is 1.21 bits per heavy atom. The van der Waals surface area contributed by atoms with E-state index < -0.39 is 0 Å². The van der Waals surface area contributed by atoms with Crippen molar-refractivity contribution >= 4 is 65.9 Å². The van der Waals surface area contributed by atoms with Crippen molar-refractivity contribution in [1.29, 1.82) is 0 Å². The number of rotatable bonds is 3. The van der Waals surface area contributed by atoms with Gasteiger partial charge < -0.3 is 19.9 Å². The zero-order valence-electron chi connectivity index (χ0n) is 15.1. The number of anilines is 2. The van der Waals surface area contributed by atoms with Gasteiger partial charge in [-0.05, 0) is 36.4 Å². The number of fused-ring (bicyclic) bond motifs is 1. The minimum atomic E-state index is -0.159. The van der Waals surface area contributed by atoms with Crippen molar-refractivity contribution in [3.8, 4) is 5.75 Å². The van der Waals surface area contributed by atoms with Crippen LogP contribution in [0.25, 0.3) is 10.2 Å². The van der Waals surface area contributed by atoms with E-state index >= 15 is 0 Å². The second-order valence-electron chi connectivity index (χ2n) is 6.36. The van der Waals surface area contributed by atoms with Gasteiger partial charge in [0.2, 0.25) is 0 Å². The fourth-order valence-electron chi connectivity index (χ4n) is 3.09. The number of hydrogen-bond acceptors (Lipinski definition) is 5. The van der Waals surface area contributed by atoms with E-state index in [2.05, 4.69) is 32.2 Å². The van der Waals surface area contributed by atoms with Gasteiger partial charge in [-0.15, -0.1) is 0 Å². The first-order chi connectivity index (χ1) is 13.5. The van der Waals surface area contributed by atoms with E-state index in [-0.39, 0.29) is 6.03 Å². The number of halogens is 2. The number of nitrogens with one attached hydrogen (secondary N) is 1. The second kappa shape index (κ2) is 8.14. The summed E-state index contributed by atoms with van der Waals surface area (Å²) in [5.41, 5.74) is 1.57. The first-order valence-electron chi connectivity index (χ1n) is 8.74. The quantitative estimate of drug-likeness (QED) is 0.567. The lowest BCUT2D eigenvalue weighted by Crippen LogP contribution is -2.50. The summed E-state index contributed by atoms with van der Waals surface area (Å²) in [6.45, 7) is 2.71. The van der Waals surface area contributed by atoms with Crippen molar-refractivity contribution in [3.05, 3.63) is 45.9 Å². The normalized spacial score (nSPS) is 14.4. The van der Waals surface area contributed by atoms with Crippen LogP contribution in [0.2, 0.25) is 5.02 Å². The first-order valence-corrected chi connectivity index (χ1v) is 10.7. The molecular formula is C19H18BrClN4O2S. The molecule has 0 bridgehead atoms. The topological polar surface area (TPSA) is 57.7 Å². The van der Waals surface area contributed by atoms with Gasteiger partial charge in [0.1, 0.15) is 5.75 Å². The van der Waals surface area contributed by atoms with Crippen LogP contribution in [0.1, 0.15) is 0 Å². The van der Waals surface area contributed by atoms with Crippen LogP contribution >= 0.6 is 38.9 Å². The zero-order chi connectivity index (χ0) is 19.7. The van der Waals surface area contributed by atoms with Crippen molar-refractivity contribution < 1.29 is 9.53 Å². The predicted molar refractivity (Wildman–Crippen MR) is 118 cm³/mol. The average molecular weight is 482 g/mol. The van der Waals surface area contributed by atoms with Gasteiger partial charge in [-0.1, -0.05) is 38.9 Å². The highest BCUT2D eigenvalue weighted by Crippen LogP contribution is 2.32. The fourth-order valence-corrected chi connectivity index (χ4v) is 4.84. The van der Waals surface area contributed by atoms with E-state index in [0.29, 0.717) is 29.5 Å². The molecule has 0 saturated carbocycles. The monoisotopic (exact) mass is 480 g/mol. The smallest absolute Gasteiger partial charge is 0.322 e. The van der Waals surface area contributed by atoms with Gasteiger partial charge in [0.25, 0.3) is 0 Å². The minimum absolute atomic E-state index is 0.159. The van der Waals surface area contributed by atoms with Gasteiger partial charge in [0.15, 0.2) is 5.13 Å². The summed E-state index contributed by atoms with van der Waals surface area (Å²) < 4.78 is 7.49. The van der Waals surface area contributed by atoms with Crippen LogP contribution in [-0.2, 0) is 0 Å².